The molecule has 1 N–H and O–H groups in total. The third-order valence-corrected chi connectivity index (χ3v) is 7.69. The van der Waals surface area contributed by atoms with Crippen molar-refractivity contribution in [3.8, 4) is 0 Å². The SMILES string of the molecule is CCCCC[C@@H](O)/C=C/[C@H]1CCC(=O)[C@@H]1CCCCCCC(=O)N1CCC2(CC1)OCCO2. The number of aliphatic hydroxyl groups is 1. The summed E-state index contributed by atoms with van der Waals surface area (Å²) < 4.78 is 11.5. The predicted octanol–water partition coefficient (Wildman–Crippen LogP) is 4.79. The highest BCUT2D eigenvalue weighted by atomic mass is 16.7. The van der Waals surface area contributed by atoms with Crippen LogP contribution in [0.3, 0.4) is 0 Å². The van der Waals surface area contributed by atoms with Crippen LogP contribution in [-0.2, 0) is 19.1 Å². The van der Waals surface area contributed by atoms with Crippen LogP contribution in [0, 0.1) is 11.8 Å². The van der Waals surface area contributed by atoms with E-state index in [1.165, 1.54) is 0 Å². The lowest BCUT2D eigenvalue weighted by atomic mass is 9.89. The molecule has 3 atom stereocenters. The number of hydrogen-bond donors (Lipinski definition) is 1. The second-order valence-electron chi connectivity index (χ2n) is 10.2. The van der Waals surface area contributed by atoms with Crippen molar-refractivity contribution in [2.45, 2.75) is 109 Å². The van der Waals surface area contributed by atoms with Crippen molar-refractivity contribution in [3.05, 3.63) is 12.2 Å². The summed E-state index contributed by atoms with van der Waals surface area (Å²) in [4.78, 5) is 26.8. The number of ether oxygens (including phenoxy) is 2. The van der Waals surface area contributed by atoms with Gasteiger partial charge in [-0.3, -0.25) is 9.59 Å². The highest BCUT2D eigenvalue weighted by Crippen LogP contribution is 2.34. The number of likely N-dealkylation sites (tertiary alicyclic amines) is 1. The number of hydrogen-bond acceptors (Lipinski definition) is 5. The minimum Gasteiger partial charge on any atom is -0.389 e. The minimum atomic E-state index is -0.422. The summed E-state index contributed by atoms with van der Waals surface area (Å²) in [5, 5.41) is 10.1. The number of piperidine rings is 1. The van der Waals surface area contributed by atoms with Crippen molar-refractivity contribution < 1.29 is 24.2 Å². The standard InChI is InChI=1S/C27H45NO5/c1-2-3-6-9-23(29)14-12-22-13-15-25(30)24(22)10-7-4-5-8-11-26(31)28-18-16-27(17-19-28)32-20-21-33-27/h12,14,22-24,29H,2-11,13,15-21H2,1H3/b14-12+/t22-,23+,24+/m0/s1. The van der Waals surface area contributed by atoms with Crippen LogP contribution in [0.5, 0.6) is 0 Å². The molecule has 1 amide bonds. The van der Waals surface area contributed by atoms with E-state index < -0.39 is 5.79 Å². The van der Waals surface area contributed by atoms with Gasteiger partial charge in [0.2, 0.25) is 5.91 Å². The Morgan fingerprint density at radius 1 is 1.12 bits per heavy atom. The van der Waals surface area contributed by atoms with Gasteiger partial charge in [0.15, 0.2) is 5.79 Å². The van der Waals surface area contributed by atoms with Crippen molar-refractivity contribution in [3.63, 3.8) is 0 Å². The van der Waals surface area contributed by atoms with Gasteiger partial charge in [0.25, 0.3) is 0 Å². The fourth-order valence-electron chi connectivity index (χ4n) is 5.55. The number of Topliss-reactive ketones (excluding diaryl/α,β-unsaturated/α-hetero) is 1. The molecule has 2 saturated heterocycles. The van der Waals surface area contributed by atoms with Crippen LogP contribution in [0.1, 0.15) is 96.8 Å². The molecule has 1 aliphatic carbocycles. The molecule has 0 unspecified atom stereocenters. The predicted molar refractivity (Wildman–Crippen MR) is 129 cm³/mol. The maximum atomic E-state index is 12.5. The van der Waals surface area contributed by atoms with E-state index in [0.717, 1.165) is 90.1 Å². The van der Waals surface area contributed by atoms with Crippen molar-refractivity contribution in [1.29, 1.82) is 0 Å². The van der Waals surface area contributed by atoms with Crippen molar-refractivity contribution in [1.82, 2.24) is 4.90 Å². The first kappa shape index (κ1) is 26.4. The van der Waals surface area contributed by atoms with Gasteiger partial charge in [-0.2, -0.15) is 0 Å². The average Bonchev–Trinajstić information content (AvgIpc) is 3.41. The molecule has 0 aromatic rings. The molecule has 0 bridgehead atoms. The maximum Gasteiger partial charge on any atom is 0.222 e. The lowest BCUT2D eigenvalue weighted by Gasteiger charge is -2.37. The van der Waals surface area contributed by atoms with Gasteiger partial charge in [-0.15, -0.1) is 0 Å². The van der Waals surface area contributed by atoms with Crippen LogP contribution in [0.4, 0.5) is 0 Å². The number of unbranched alkanes of at least 4 members (excludes halogenated alkanes) is 5. The number of ketones is 1. The molecule has 0 aromatic heterocycles. The Hall–Kier alpha value is -1.24. The Morgan fingerprint density at radius 3 is 2.58 bits per heavy atom. The molecule has 33 heavy (non-hydrogen) atoms. The molecule has 188 valence electrons. The Bertz CT molecular complexity index is 632. The van der Waals surface area contributed by atoms with Crippen LogP contribution in [0.2, 0.25) is 0 Å². The molecule has 2 aliphatic heterocycles. The Labute approximate surface area is 200 Å². The van der Waals surface area contributed by atoms with Gasteiger partial charge in [-0.1, -0.05) is 57.6 Å². The molecule has 0 radical (unpaired) electrons. The Balaban J connectivity index is 1.26. The van der Waals surface area contributed by atoms with Crippen LogP contribution in [0.15, 0.2) is 12.2 Å². The number of carbonyl (C=O) groups excluding carboxylic acids is 2. The number of nitrogens with zero attached hydrogens (tertiary/aromatic N) is 1. The lowest BCUT2D eigenvalue weighted by Crippen LogP contribution is -2.47. The summed E-state index contributed by atoms with van der Waals surface area (Å²) >= 11 is 0. The van der Waals surface area contributed by atoms with Crippen molar-refractivity contribution >= 4 is 11.7 Å². The zero-order valence-corrected chi connectivity index (χ0v) is 20.6. The number of rotatable bonds is 13. The van der Waals surface area contributed by atoms with Crippen LogP contribution < -0.4 is 0 Å². The van der Waals surface area contributed by atoms with Crippen molar-refractivity contribution in [2.24, 2.45) is 11.8 Å². The van der Waals surface area contributed by atoms with E-state index >= 15 is 0 Å². The van der Waals surface area contributed by atoms with E-state index in [-0.39, 0.29) is 23.8 Å². The first-order chi connectivity index (χ1) is 16.0. The highest BCUT2D eigenvalue weighted by molar-refractivity contribution is 5.83. The van der Waals surface area contributed by atoms with Crippen LogP contribution in [-0.4, -0.2) is 59.9 Å². The first-order valence-electron chi connectivity index (χ1n) is 13.5. The monoisotopic (exact) mass is 463 g/mol. The number of allylic oxidation sites excluding steroid dienone is 1. The zero-order valence-electron chi connectivity index (χ0n) is 20.6. The fourth-order valence-corrected chi connectivity index (χ4v) is 5.55. The second-order valence-corrected chi connectivity index (χ2v) is 10.2. The van der Waals surface area contributed by atoms with E-state index in [2.05, 4.69) is 13.0 Å². The molecule has 2 heterocycles. The van der Waals surface area contributed by atoms with E-state index in [9.17, 15) is 14.7 Å². The summed E-state index contributed by atoms with van der Waals surface area (Å²) in [6, 6.07) is 0. The number of amides is 1. The quantitative estimate of drug-likeness (QED) is 0.314. The number of carbonyl (C=O) groups is 2. The molecular weight excluding hydrogens is 418 g/mol. The van der Waals surface area contributed by atoms with E-state index in [1.807, 2.05) is 11.0 Å². The molecule has 1 saturated carbocycles. The minimum absolute atomic E-state index is 0.117. The molecule has 6 nitrogen and oxygen atoms in total. The normalized spacial score (nSPS) is 26.0. The van der Waals surface area contributed by atoms with Crippen molar-refractivity contribution in [2.75, 3.05) is 26.3 Å². The first-order valence-corrected chi connectivity index (χ1v) is 13.5. The van der Waals surface area contributed by atoms with Crippen LogP contribution >= 0.6 is 0 Å². The van der Waals surface area contributed by atoms with E-state index in [0.29, 0.717) is 31.8 Å². The van der Waals surface area contributed by atoms with Gasteiger partial charge in [-0.05, 0) is 31.6 Å². The Morgan fingerprint density at radius 2 is 1.85 bits per heavy atom. The van der Waals surface area contributed by atoms with Gasteiger partial charge >= 0.3 is 0 Å². The van der Waals surface area contributed by atoms with E-state index in [1.54, 1.807) is 0 Å². The summed E-state index contributed by atoms with van der Waals surface area (Å²) in [5.74, 6) is 0.616. The van der Waals surface area contributed by atoms with Gasteiger partial charge in [0, 0.05) is 44.7 Å². The summed E-state index contributed by atoms with van der Waals surface area (Å²) in [6.45, 7) is 4.95. The number of aliphatic hydroxyl groups excluding tert-OH is 1. The third-order valence-electron chi connectivity index (χ3n) is 7.69. The zero-order chi connectivity index (χ0) is 23.5. The smallest absolute Gasteiger partial charge is 0.222 e. The summed E-state index contributed by atoms with van der Waals surface area (Å²) in [6.07, 6.45) is 16.6. The molecule has 3 aliphatic rings. The van der Waals surface area contributed by atoms with Crippen LogP contribution in [0.25, 0.3) is 0 Å². The Kier molecular flexibility index (Phi) is 10.9. The lowest BCUT2D eigenvalue weighted by molar-refractivity contribution is -0.187. The van der Waals surface area contributed by atoms with E-state index in [4.69, 9.17) is 9.47 Å². The molecule has 1 spiro atoms. The van der Waals surface area contributed by atoms with Gasteiger partial charge in [-0.25, -0.2) is 0 Å². The highest BCUT2D eigenvalue weighted by Gasteiger charge is 2.40. The largest absolute Gasteiger partial charge is 0.389 e. The second kappa shape index (κ2) is 13.6. The molecule has 0 aromatic carbocycles. The molecular formula is C27H45NO5. The fraction of sp³-hybridized carbons (Fsp3) is 0.852. The summed E-state index contributed by atoms with van der Waals surface area (Å²) in [5.41, 5.74) is 0. The maximum absolute atomic E-state index is 12.5. The molecule has 3 rings (SSSR count). The topological polar surface area (TPSA) is 76.1 Å². The van der Waals surface area contributed by atoms with Gasteiger partial charge < -0.3 is 19.5 Å². The molecule has 6 heteroatoms. The third kappa shape index (κ3) is 8.18. The molecule has 3 fully saturated rings. The average molecular weight is 464 g/mol. The van der Waals surface area contributed by atoms with Gasteiger partial charge in [0.1, 0.15) is 5.78 Å². The summed E-state index contributed by atoms with van der Waals surface area (Å²) in [7, 11) is 0. The van der Waals surface area contributed by atoms with Gasteiger partial charge in [0.05, 0.1) is 19.3 Å².